The molecule has 0 fully saturated rings. The van der Waals surface area contributed by atoms with Crippen molar-refractivity contribution >= 4 is 34.1 Å². The van der Waals surface area contributed by atoms with Gasteiger partial charge in [-0.25, -0.2) is 0 Å². The molecular weight excluding hydrogens is 405 g/mol. The molecule has 0 amide bonds. The standard InChI is InChI=1S/C24H25Cl2NO2/c1-13-11-20-18(9-7-14(2)27-20)22(17-10-8-16(25)12-19(17)26)21(13)23(15(3)28)29-24(4,5)6/h7-12,23,28H,3H2,1-2,4-6H3/t23-/m1/s1. The number of pyridine rings is 1. The highest BCUT2D eigenvalue weighted by atomic mass is 35.5. The average molecular weight is 430 g/mol. The fraction of sp³-hybridized carbons (Fsp3) is 0.292. The zero-order valence-corrected chi connectivity index (χ0v) is 18.8. The second-order valence-electron chi connectivity index (χ2n) is 8.23. The molecule has 0 saturated carbocycles. The lowest BCUT2D eigenvalue weighted by atomic mass is 9.88. The zero-order chi connectivity index (χ0) is 21.5. The predicted molar refractivity (Wildman–Crippen MR) is 122 cm³/mol. The molecule has 0 aliphatic heterocycles. The van der Waals surface area contributed by atoms with Crippen LogP contribution >= 0.6 is 23.2 Å². The van der Waals surface area contributed by atoms with Crippen LogP contribution in [0.4, 0.5) is 0 Å². The summed E-state index contributed by atoms with van der Waals surface area (Å²) in [5, 5.41) is 12.5. The average Bonchev–Trinajstić information content (AvgIpc) is 2.58. The van der Waals surface area contributed by atoms with E-state index in [9.17, 15) is 5.11 Å². The number of fused-ring (bicyclic) bond motifs is 1. The number of halogens is 2. The second kappa shape index (κ2) is 7.98. The number of ether oxygens (including phenoxy) is 1. The van der Waals surface area contributed by atoms with Crippen LogP contribution in [-0.2, 0) is 4.74 Å². The number of benzene rings is 2. The molecule has 0 saturated heterocycles. The summed E-state index contributed by atoms with van der Waals surface area (Å²) in [5.41, 5.74) is 4.69. The highest BCUT2D eigenvalue weighted by Crippen LogP contribution is 2.44. The maximum atomic E-state index is 10.5. The highest BCUT2D eigenvalue weighted by Gasteiger charge is 2.29. The predicted octanol–water partition coefficient (Wildman–Crippen LogP) is 7.75. The minimum Gasteiger partial charge on any atom is -0.510 e. The third-order valence-corrected chi connectivity index (χ3v) is 5.17. The summed E-state index contributed by atoms with van der Waals surface area (Å²) in [5.74, 6) is -0.0613. The maximum absolute atomic E-state index is 10.5. The smallest absolute Gasteiger partial charge is 0.140 e. The first-order valence-electron chi connectivity index (χ1n) is 9.40. The van der Waals surface area contributed by atoms with Crippen LogP contribution in [0.15, 0.2) is 48.7 Å². The SMILES string of the molecule is C=C(O)[C@@H](OC(C)(C)C)c1c(C)cc2nc(C)ccc2c1-c1ccc(Cl)cc1Cl. The van der Waals surface area contributed by atoms with E-state index in [1.54, 1.807) is 12.1 Å². The Morgan fingerprint density at radius 2 is 1.79 bits per heavy atom. The Hall–Kier alpha value is -2.07. The normalized spacial score (nSPS) is 12.9. The van der Waals surface area contributed by atoms with Gasteiger partial charge in [-0.1, -0.05) is 41.9 Å². The molecule has 1 atom stereocenters. The van der Waals surface area contributed by atoms with Gasteiger partial charge in [-0.05, 0) is 75.6 Å². The Morgan fingerprint density at radius 3 is 2.38 bits per heavy atom. The van der Waals surface area contributed by atoms with Gasteiger partial charge in [0.15, 0.2) is 0 Å². The van der Waals surface area contributed by atoms with Crippen LogP contribution in [0.5, 0.6) is 0 Å². The monoisotopic (exact) mass is 429 g/mol. The second-order valence-corrected chi connectivity index (χ2v) is 9.07. The number of hydrogen-bond acceptors (Lipinski definition) is 3. The fourth-order valence-electron chi connectivity index (χ4n) is 3.49. The summed E-state index contributed by atoms with van der Waals surface area (Å²) < 4.78 is 6.23. The molecule has 2 aromatic carbocycles. The van der Waals surface area contributed by atoms with Gasteiger partial charge in [-0.2, -0.15) is 0 Å². The van der Waals surface area contributed by atoms with Gasteiger partial charge in [0.05, 0.1) is 11.1 Å². The Labute approximate surface area is 181 Å². The van der Waals surface area contributed by atoms with Crippen LogP contribution in [0, 0.1) is 13.8 Å². The summed E-state index contributed by atoms with van der Waals surface area (Å²) in [6.45, 7) is 13.6. The van der Waals surface area contributed by atoms with E-state index in [1.165, 1.54) is 0 Å². The van der Waals surface area contributed by atoms with Crippen LogP contribution in [0.2, 0.25) is 10.0 Å². The van der Waals surface area contributed by atoms with Crippen molar-refractivity contribution in [1.29, 1.82) is 0 Å². The molecule has 5 heteroatoms. The molecule has 29 heavy (non-hydrogen) atoms. The zero-order valence-electron chi connectivity index (χ0n) is 17.3. The molecule has 3 aromatic rings. The number of aryl methyl sites for hydroxylation is 2. The summed E-state index contributed by atoms with van der Waals surface area (Å²) in [4.78, 5) is 4.69. The molecule has 3 nitrogen and oxygen atoms in total. The van der Waals surface area contributed by atoms with E-state index in [0.717, 1.165) is 38.9 Å². The van der Waals surface area contributed by atoms with Crippen LogP contribution < -0.4 is 0 Å². The Kier molecular flexibility index (Phi) is 5.96. The summed E-state index contributed by atoms with van der Waals surface area (Å²) in [7, 11) is 0. The van der Waals surface area contributed by atoms with E-state index in [4.69, 9.17) is 32.9 Å². The molecule has 0 radical (unpaired) electrons. The molecule has 1 N–H and O–H groups in total. The first-order valence-corrected chi connectivity index (χ1v) is 10.2. The molecular formula is C24H25Cl2NO2. The van der Waals surface area contributed by atoms with E-state index < -0.39 is 11.7 Å². The molecule has 1 heterocycles. The van der Waals surface area contributed by atoms with Crippen molar-refractivity contribution in [1.82, 2.24) is 4.98 Å². The van der Waals surface area contributed by atoms with Crippen LogP contribution in [0.25, 0.3) is 22.0 Å². The lowest BCUT2D eigenvalue weighted by Crippen LogP contribution is -2.24. The minimum absolute atomic E-state index is 0.0613. The van der Waals surface area contributed by atoms with Gasteiger partial charge in [0.1, 0.15) is 11.9 Å². The largest absolute Gasteiger partial charge is 0.510 e. The first-order chi connectivity index (χ1) is 13.5. The topological polar surface area (TPSA) is 42.4 Å². The van der Waals surface area contributed by atoms with Gasteiger partial charge in [0.25, 0.3) is 0 Å². The Morgan fingerprint density at radius 1 is 1.10 bits per heavy atom. The van der Waals surface area contributed by atoms with E-state index in [-0.39, 0.29) is 5.76 Å². The molecule has 0 spiro atoms. The molecule has 3 rings (SSSR count). The van der Waals surface area contributed by atoms with E-state index in [1.807, 2.05) is 58.9 Å². The number of aliphatic hydroxyl groups is 1. The molecule has 0 bridgehead atoms. The van der Waals surface area contributed by atoms with Crippen molar-refractivity contribution in [2.24, 2.45) is 0 Å². The number of aromatic nitrogens is 1. The number of aliphatic hydroxyl groups excluding tert-OH is 1. The Bertz CT molecular complexity index is 1100. The maximum Gasteiger partial charge on any atom is 0.140 e. The summed E-state index contributed by atoms with van der Waals surface area (Å²) >= 11 is 12.7. The number of nitrogens with zero attached hydrogens (tertiary/aromatic N) is 1. The van der Waals surface area contributed by atoms with Crippen molar-refractivity contribution < 1.29 is 9.84 Å². The van der Waals surface area contributed by atoms with Crippen LogP contribution in [-0.4, -0.2) is 15.7 Å². The molecule has 1 aromatic heterocycles. The third-order valence-electron chi connectivity index (χ3n) is 4.62. The van der Waals surface area contributed by atoms with Crippen molar-refractivity contribution in [2.45, 2.75) is 46.3 Å². The highest BCUT2D eigenvalue weighted by molar-refractivity contribution is 6.36. The van der Waals surface area contributed by atoms with Crippen molar-refractivity contribution in [3.63, 3.8) is 0 Å². The van der Waals surface area contributed by atoms with E-state index in [0.29, 0.717) is 10.0 Å². The lowest BCUT2D eigenvalue weighted by Gasteiger charge is -2.30. The van der Waals surface area contributed by atoms with Crippen LogP contribution in [0.1, 0.15) is 43.7 Å². The van der Waals surface area contributed by atoms with Gasteiger partial charge >= 0.3 is 0 Å². The van der Waals surface area contributed by atoms with Crippen molar-refractivity contribution in [2.75, 3.05) is 0 Å². The molecule has 152 valence electrons. The van der Waals surface area contributed by atoms with Gasteiger partial charge in [-0.3, -0.25) is 4.98 Å². The number of rotatable bonds is 4. The fourth-order valence-corrected chi connectivity index (χ4v) is 3.99. The molecule has 0 unspecified atom stereocenters. The molecule has 0 aliphatic carbocycles. The van der Waals surface area contributed by atoms with Gasteiger partial charge < -0.3 is 9.84 Å². The van der Waals surface area contributed by atoms with E-state index >= 15 is 0 Å². The lowest BCUT2D eigenvalue weighted by molar-refractivity contribution is -0.0594. The number of hydrogen-bond donors (Lipinski definition) is 1. The molecule has 0 aliphatic rings. The van der Waals surface area contributed by atoms with Gasteiger partial charge in [-0.15, -0.1) is 0 Å². The van der Waals surface area contributed by atoms with Crippen molar-refractivity contribution in [3.05, 3.63) is 75.6 Å². The summed E-state index contributed by atoms with van der Waals surface area (Å²) in [6.07, 6.45) is -0.720. The van der Waals surface area contributed by atoms with Gasteiger partial charge in [0, 0.05) is 26.7 Å². The summed E-state index contributed by atoms with van der Waals surface area (Å²) in [6, 6.07) is 11.4. The minimum atomic E-state index is -0.720. The quantitative estimate of drug-likeness (QED) is 0.430. The first kappa shape index (κ1) is 21.6. The van der Waals surface area contributed by atoms with Gasteiger partial charge in [0.2, 0.25) is 0 Å². The third kappa shape index (κ3) is 4.58. The van der Waals surface area contributed by atoms with Crippen molar-refractivity contribution in [3.8, 4) is 11.1 Å². The Balaban J connectivity index is 2.44. The van der Waals surface area contributed by atoms with E-state index in [2.05, 4.69) is 6.58 Å². The van der Waals surface area contributed by atoms with Crippen LogP contribution in [0.3, 0.4) is 0 Å².